The molecule has 0 aliphatic carbocycles. The Kier molecular flexibility index (Phi) is 4.71. The SMILES string of the molecule is Cc1nc(N[C@H](C)c2ccc(C(F)F)cn2)c2cc(Br)ccc2n1. The molecule has 2 heterocycles. The molecule has 0 spiro atoms. The van der Waals surface area contributed by atoms with Crippen LogP contribution in [0.15, 0.2) is 41.0 Å². The minimum Gasteiger partial charge on any atom is -0.361 e. The van der Waals surface area contributed by atoms with Crippen LogP contribution >= 0.6 is 15.9 Å². The summed E-state index contributed by atoms with van der Waals surface area (Å²) in [5, 5.41) is 4.18. The van der Waals surface area contributed by atoms with Gasteiger partial charge in [-0.2, -0.15) is 0 Å². The summed E-state index contributed by atoms with van der Waals surface area (Å²) in [7, 11) is 0. The van der Waals surface area contributed by atoms with Crippen molar-refractivity contribution in [3.8, 4) is 0 Å². The number of aryl methyl sites for hydroxylation is 1. The third-order valence-electron chi connectivity index (χ3n) is 3.63. The Hall–Kier alpha value is -2.15. The maximum Gasteiger partial charge on any atom is 0.265 e. The highest BCUT2D eigenvalue weighted by Crippen LogP contribution is 2.27. The lowest BCUT2D eigenvalue weighted by Gasteiger charge is -2.16. The molecule has 3 rings (SSSR count). The number of nitrogens with one attached hydrogen (secondary N) is 1. The number of anilines is 1. The van der Waals surface area contributed by atoms with E-state index in [1.807, 2.05) is 32.0 Å². The van der Waals surface area contributed by atoms with E-state index < -0.39 is 6.43 Å². The number of aromatic nitrogens is 3. The summed E-state index contributed by atoms with van der Waals surface area (Å²) in [6.45, 7) is 3.73. The zero-order valence-corrected chi connectivity index (χ0v) is 14.7. The van der Waals surface area contributed by atoms with E-state index in [9.17, 15) is 8.78 Å². The van der Waals surface area contributed by atoms with E-state index in [4.69, 9.17) is 0 Å². The third kappa shape index (κ3) is 3.51. The van der Waals surface area contributed by atoms with Crippen LogP contribution in [0.1, 0.15) is 36.5 Å². The molecule has 0 unspecified atom stereocenters. The predicted octanol–water partition coefficient (Wildman–Crippen LogP) is 5.21. The van der Waals surface area contributed by atoms with Crippen molar-refractivity contribution < 1.29 is 8.78 Å². The first-order valence-corrected chi connectivity index (χ1v) is 8.18. The molecule has 0 bridgehead atoms. The number of nitrogens with zero attached hydrogens (tertiary/aromatic N) is 3. The molecule has 24 heavy (non-hydrogen) atoms. The average molecular weight is 393 g/mol. The van der Waals surface area contributed by atoms with Crippen LogP contribution in [-0.2, 0) is 0 Å². The van der Waals surface area contributed by atoms with Gasteiger partial charge in [-0.25, -0.2) is 18.7 Å². The Balaban J connectivity index is 1.92. The van der Waals surface area contributed by atoms with Gasteiger partial charge in [0.25, 0.3) is 6.43 Å². The molecule has 3 aromatic rings. The molecule has 1 aromatic carbocycles. The van der Waals surface area contributed by atoms with Gasteiger partial charge in [-0.3, -0.25) is 4.98 Å². The van der Waals surface area contributed by atoms with Crippen LogP contribution in [0.3, 0.4) is 0 Å². The Morgan fingerprint density at radius 3 is 2.58 bits per heavy atom. The molecule has 124 valence electrons. The minimum atomic E-state index is -2.51. The number of fused-ring (bicyclic) bond motifs is 1. The van der Waals surface area contributed by atoms with Gasteiger partial charge in [-0.15, -0.1) is 0 Å². The highest BCUT2D eigenvalue weighted by Gasteiger charge is 2.13. The fourth-order valence-corrected chi connectivity index (χ4v) is 2.77. The molecule has 0 saturated carbocycles. The van der Waals surface area contributed by atoms with Gasteiger partial charge in [0.2, 0.25) is 0 Å². The molecule has 0 aliphatic heterocycles. The van der Waals surface area contributed by atoms with Crippen LogP contribution in [0.4, 0.5) is 14.6 Å². The molecule has 1 N–H and O–H groups in total. The summed E-state index contributed by atoms with van der Waals surface area (Å²) in [6, 6.07) is 8.59. The number of rotatable bonds is 4. The lowest BCUT2D eigenvalue weighted by molar-refractivity contribution is 0.151. The van der Waals surface area contributed by atoms with Gasteiger partial charge < -0.3 is 5.32 Å². The molecule has 0 radical (unpaired) electrons. The maximum atomic E-state index is 12.6. The molecular formula is C17H15BrF2N4. The van der Waals surface area contributed by atoms with Crippen LogP contribution in [-0.4, -0.2) is 15.0 Å². The van der Waals surface area contributed by atoms with E-state index in [0.29, 0.717) is 17.3 Å². The quantitative estimate of drug-likeness (QED) is 0.662. The second-order valence-electron chi connectivity index (χ2n) is 5.46. The van der Waals surface area contributed by atoms with Gasteiger partial charge in [0.1, 0.15) is 11.6 Å². The Bertz CT molecular complexity index is 868. The first-order valence-electron chi connectivity index (χ1n) is 7.38. The largest absolute Gasteiger partial charge is 0.361 e. The standard InChI is InChI=1S/C17H15BrF2N4/c1-9(14-5-3-11(8-21-14)16(19)20)22-17-13-7-12(18)4-6-15(13)23-10(2)24-17/h3-9,16H,1-2H3,(H,22,23,24)/t9-/m1/s1. The Morgan fingerprint density at radius 1 is 1.12 bits per heavy atom. The lowest BCUT2D eigenvalue weighted by Crippen LogP contribution is -2.11. The number of halogens is 3. The zero-order chi connectivity index (χ0) is 17.3. The van der Waals surface area contributed by atoms with Crippen LogP contribution in [0.5, 0.6) is 0 Å². The number of benzene rings is 1. The van der Waals surface area contributed by atoms with Gasteiger partial charge in [-0.1, -0.05) is 15.9 Å². The Labute approximate surface area is 146 Å². The van der Waals surface area contributed by atoms with E-state index >= 15 is 0 Å². The van der Waals surface area contributed by atoms with Crippen molar-refractivity contribution in [2.75, 3.05) is 5.32 Å². The minimum absolute atomic E-state index is 0.0850. The lowest BCUT2D eigenvalue weighted by atomic mass is 10.1. The third-order valence-corrected chi connectivity index (χ3v) is 4.12. The van der Waals surface area contributed by atoms with Crippen molar-refractivity contribution in [1.82, 2.24) is 15.0 Å². The van der Waals surface area contributed by atoms with Gasteiger partial charge in [0.05, 0.1) is 17.3 Å². The van der Waals surface area contributed by atoms with Crippen molar-refractivity contribution >= 4 is 32.7 Å². The summed E-state index contributed by atoms with van der Waals surface area (Å²) in [4.78, 5) is 13.0. The molecule has 0 aliphatic rings. The summed E-state index contributed by atoms with van der Waals surface area (Å²) in [5.41, 5.74) is 1.42. The smallest absolute Gasteiger partial charge is 0.265 e. The van der Waals surface area contributed by atoms with Crippen LogP contribution < -0.4 is 5.32 Å². The molecular weight excluding hydrogens is 378 g/mol. The summed E-state index contributed by atoms with van der Waals surface area (Å²) < 4.78 is 26.2. The van der Waals surface area contributed by atoms with Crippen molar-refractivity contribution in [3.63, 3.8) is 0 Å². The molecule has 7 heteroatoms. The first-order chi connectivity index (χ1) is 11.4. The Morgan fingerprint density at radius 2 is 1.92 bits per heavy atom. The van der Waals surface area contributed by atoms with Crippen LogP contribution in [0.25, 0.3) is 10.9 Å². The van der Waals surface area contributed by atoms with Crippen molar-refractivity contribution in [2.45, 2.75) is 26.3 Å². The second-order valence-corrected chi connectivity index (χ2v) is 6.38. The topological polar surface area (TPSA) is 50.7 Å². The van der Waals surface area contributed by atoms with E-state index in [1.165, 1.54) is 12.3 Å². The number of hydrogen-bond acceptors (Lipinski definition) is 4. The van der Waals surface area contributed by atoms with E-state index in [1.54, 1.807) is 6.07 Å². The summed E-state index contributed by atoms with van der Waals surface area (Å²) >= 11 is 3.45. The monoisotopic (exact) mass is 392 g/mol. The number of hydrogen-bond donors (Lipinski definition) is 1. The maximum absolute atomic E-state index is 12.6. The van der Waals surface area contributed by atoms with Crippen LogP contribution in [0, 0.1) is 6.92 Å². The van der Waals surface area contributed by atoms with Crippen molar-refractivity contribution in [1.29, 1.82) is 0 Å². The summed E-state index contributed by atoms with van der Waals surface area (Å²) in [6.07, 6.45) is -1.31. The first kappa shape index (κ1) is 16.7. The van der Waals surface area contributed by atoms with Gasteiger partial charge >= 0.3 is 0 Å². The summed E-state index contributed by atoms with van der Waals surface area (Å²) in [5.74, 6) is 1.34. The zero-order valence-electron chi connectivity index (χ0n) is 13.1. The normalized spacial score (nSPS) is 12.6. The fourth-order valence-electron chi connectivity index (χ4n) is 2.41. The second kappa shape index (κ2) is 6.76. The molecule has 4 nitrogen and oxygen atoms in total. The highest BCUT2D eigenvalue weighted by atomic mass is 79.9. The fraction of sp³-hybridized carbons (Fsp3) is 0.235. The molecule has 0 fully saturated rings. The van der Waals surface area contributed by atoms with Crippen LogP contribution in [0.2, 0.25) is 0 Å². The average Bonchev–Trinajstić information content (AvgIpc) is 2.55. The molecule has 0 saturated heterocycles. The number of pyridine rings is 1. The van der Waals surface area contributed by atoms with E-state index in [2.05, 4.69) is 36.2 Å². The van der Waals surface area contributed by atoms with Gasteiger partial charge in [0.15, 0.2) is 0 Å². The van der Waals surface area contributed by atoms with Gasteiger partial charge in [-0.05, 0) is 44.2 Å². The van der Waals surface area contributed by atoms with Crippen molar-refractivity contribution in [2.24, 2.45) is 0 Å². The molecule has 2 aromatic heterocycles. The molecule has 0 amide bonds. The van der Waals surface area contributed by atoms with Crippen molar-refractivity contribution in [3.05, 3.63) is 58.1 Å². The van der Waals surface area contributed by atoms with E-state index in [0.717, 1.165) is 15.4 Å². The van der Waals surface area contributed by atoms with Gasteiger partial charge in [0, 0.05) is 21.6 Å². The highest BCUT2D eigenvalue weighted by molar-refractivity contribution is 9.10. The predicted molar refractivity (Wildman–Crippen MR) is 93.2 cm³/mol. The number of alkyl halides is 2. The molecule has 1 atom stereocenters. The van der Waals surface area contributed by atoms with E-state index in [-0.39, 0.29) is 11.6 Å².